The molecule has 1 aliphatic heterocycles. The normalized spacial score (nSPS) is 28.7. The van der Waals surface area contributed by atoms with Gasteiger partial charge in [-0.05, 0) is 12.0 Å². The number of halogens is 4. The quantitative estimate of drug-likeness (QED) is 0.633. The predicted octanol–water partition coefficient (Wildman–Crippen LogP) is 3.66. The molecule has 0 spiro atoms. The van der Waals surface area contributed by atoms with E-state index >= 15 is 0 Å². The number of alkyl halides is 4. The van der Waals surface area contributed by atoms with Crippen LogP contribution in [0.2, 0.25) is 0 Å². The molecule has 2 aromatic rings. The molecular formula is C16H13F4N3O. The largest absolute Gasteiger partial charge is 0.392 e. The summed E-state index contributed by atoms with van der Waals surface area (Å²) in [5, 5.41) is 4.03. The number of Topliss-reactive ketones (excluding diaryl/α,β-unsaturated/α-hetero) is 1. The second-order valence-electron chi connectivity index (χ2n) is 6.22. The first-order valence-corrected chi connectivity index (χ1v) is 7.62. The molecule has 1 aliphatic carbocycles. The Hall–Kier alpha value is -2.25. The van der Waals surface area contributed by atoms with Crippen LogP contribution in [-0.2, 0) is 0 Å². The number of ketones is 1. The Morgan fingerprint density at radius 1 is 1.17 bits per heavy atom. The molecule has 1 aromatic heterocycles. The maximum absolute atomic E-state index is 14.2. The Balaban J connectivity index is 1.61. The first-order chi connectivity index (χ1) is 11.4. The van der Waals surface area contributed by atoms with Crippen LogP contribution < -0.4 is 0 Å². The van der Waals surface area contributed by atoms with Crippen LogP contribution in [0.3, 0.4) is 0 Å². The van der Waals surface area contributed by atoms with E-state index in [0.717, 1.165) is 5.56 Å². The molecule has 1 fully saturated rings. The van der Waals surface area contributed by atoms with Crippen LogP contribution in [0.25, 0.3) is 0 Å². The van der Waals surface area contributed by atoms with Gasteiger partial charge in [-0.15, -0.1) is 5.10 Å². The highest BCUT2D eigenvalue weighted by molar-refractivity contribution is 5.96. The minimum absolute atomic E-state index is 0.0106. The lowest BCUT2D eigenvalue weighted by molar-refractivity contribution is -0.149. The molecule has 4 nitrogen and oxygen atoms in total. The number of carbonyl (C=O) groups excluding carboxylic acids is 1. The van der Waals surface area contributed by atoms with Crippen molar-refractivity contribution in [3.8, 4) is 0 Å². The zero-order valence-corrected chi connectivity index (χ0v) is 12.4. The number of hydrogen-bond donors (Lipinski definition) is 0. The summed E-state index contributed by atoms with van der Waals surface area (Å²) in [5.74, 6) is -3.82. The topological polar surface area (TPSA) is 47.8 Å². The van der Waals surface area contributed by atoms with Crippen LogP contribution in [0.5, 0.6) is 0 Å². The molecule has 0 saturated heterocycles. The SMILES string of the molecule is O=C(c1nc2n(n1)[C@H](c1ccccc1)C[C@@H]2F)[C@@H]1C[C@H]1C(F)(F)F. The van der Waals surface area contributed by atoms with Crippen LogP contribution in [0.1, 0.15) is 47.1 Å². The number of nitrogens with zero attached hydrogens (tertiary/aromatic N) is 3. The third-order valence-corrected chi connectivity index (χ3v) is 4.62. The molecule has 1 aromatic carbocycles. The highest BCUT2D eigenvalue weighted by Gasteiger charge is 2.59. The van der Waals surface area contributed by atoms with Crippen molar-refractivity contribution in [1.29, 1.82) is 0 Å². The molecule has 0 bridgehead atoms. The zero-order valence-electron chi connectivity index (χ0n) is 12.4. The Morgan fingerprint density at radius 2 is 1.88 bits per heavy atom. The standard InChI is InChI=1S/C16H13F4N3O/c17-11-7-12(8-4-2-1-3-5-8)23-15(11)21-14(22-23)13(24)9-6-10(9)16(18,19)20/h1-5,9-12H,6-7H2/t9-,10-,11+,12+/m1/s1. The van der Waals surface area contributed by atoms with E-state index in [-0.39, 0.29) is 24.5 Å². The number of fused-ring (bicyclic) bond motifs is 1. The lowest BCUT2D eigenvalue weighted by Gasteiger charge is -2.11. The van der Waals surface area contributed by atoms with Crippen molar-refractivity contribution in [3.63, 3.8) is 0 Å². The van der Waals surface area contributed by atoms with E-state index in [1.165, 1.54) is 4.68 Å². The summed E-state index contributed by atoms with van der Waals surface area (Å²) in [7, 11) is 0. The molecule has 4 rings (SSSR count). The molecule has 4 atom stereocenters. The van der Waals surface area contributed by atoms with Crippen molar-refractivity contribution in [3.05, 3.63) is 47.5 Å². The van der Waals surface area contributed by atoms with Crippen LogP contribution >= 0.6 is 0 Å². The highest BCUT2D eigenvalue weighted by atomic mass is 19.4. The summed E-state index contributed by atoms with van der Waals surface area (Å²) in [6, 6.07) is 8.67. The van der Waals surface area contributed by atoms with Gasteiger partial charge in [0.15, 0.2) is 12.0 Å². The molecule has 2 aliphatic rings. The maximum Gasteiger partial charge on any atom is 0.392 e. The summed E-state index contributed by atoms with van der Waals surface area (Å²) >= 11 is 0. The fourth-order valence-corrected chi connectivity index (χ4v) is 3.25. The van der Waals surface area contributed by atoms with Crippen LogP contribution in [0.15, 0.2) is 30.3 Å². The third kappa shape index (κ3) is 2.40. The summed E-state index contributed by atoms with van der Waals surface area (Å²) in [4.78, 5) is 16.0. The first kappa shape index (κ1) is 15.3. The van der Waals surface area contributed by atoms with Crippen molar-refractivity contribution in [2.75, 3.05) is 0 Å². The number of aromatic nitrogens is 3. The summed E-state index contributed by atoms with van der Waals surface area (Å²) in [5.41, 5.74) is 0.822. The van der Waals surface area contributed by atoms with Crippen molar-refractivity contribution >= 4 is 5.78 Å². The molecule has 24 heavy (non-hydrogen) atoms. The third-order valence-electron chi connectivity index (χ3n) is 4.62. The Labute approximate surface area is 134 Å². The van der Waals surface area contributed by atoms with E-state index < -0.39 is 36.0 Å². The lowest BCUT2D eigenvalue weighted by atomic mass is 10.0. The van der Waals surface area contributed by atoms with Crippen LogP contribution in [-0.4, -0.2) is 26.7 Å². The summed E-state index contributed by atoms with van der Waals surface area (Å²) in [6.45, 7) is 0. The van der Waals surface area contributed by atoms with Gasteiger partial charge in [0.25, 0.3) is 0 Å². The van der Waals surface area contributed by atoms with E-state index in [0.29, 0.717) is 0 Å². The molecule has 0 N–H and O–H groups in total. The van der Waals surface area contributed by atoms with Crippen LogP contribution in [0, 0.1) is 11.8 Å². The number of hydrogen-bond acceptors (Lipinski definition) is 3. The smallest absolute Gasteiger partial charge is 0.290 e. The van der Waals surface area contributed by atoms with E-state index in [2.05, 4.69) is 10.1 Å². The van der Waals surface area contributed by atoms with Gasteiger partial charge in [-0.2, -0.15) is 13.2 Å². The van der Waals surface area contributed by atoms with E-state index in [1.807, 2.05) is 30.3 Å². The molecule has 0 radical (unpaired) electrons. The number of benzene rings is 1. The van der Waals surface area contributed by atoms with Gasteiger partial charge < -0.3 is 0 Å². The van der Waals surface area contributed by atoms with Gasteiger partial charge >= 0.3 is 6.18 Å². The van der Waals surface area contributed by atoms with Crippen molar-refractivity contribution < 1.29 is 22.4 Å². The van der Waals surface area contributed by atoms with Gasteiger partial charge in [-0.25, -0.2) is 14.1 Å². The molecule has 1 saturated carbocycles. The highest BCUT2D eigenvalue weighted by Crippen LogP contribution is 2.51. The molecule has 0 amide bonds. The summed E-state index contributed by atoms with van der Waals surface area (Å²) in [6.07, 6.45) is -5.87. The van der Waals surface area contributed by atoms with E-state index in [1.54, 1.807) is 0 Å². The molecule has 2 heterocycles. The van der Waals surface area contributed by atoms with Gasteiger partial charge in [0.1, 0.15) is 0 Å². The minimum atomic E-state index is -4.39. The monoisotopic (exact) mass is 339 g/mol. The number of carbonyl (C=O) groups is 1. The second-order valence-corrected chi connectivity index (χ2v) is 6.22. The van der Waals surface area contributed by atoms with Gasteiger partial charge in [0, 0.05) is 12.3 Å². The molecular weight excluding hydrogens is 326 g/mol. The molecule has 0 unspecified atom stereocenters. The van der Waals surface area contributed by atoms with Gasteiger partial charge in [-0.1, -0.05) is 30.3 Å². The Bertz CT molecular complexity index is 786. The fourth-order valence-electron chi connectivity index (χ4n) is 3.25. The first-order valence-electron chi connectivity index (χ1n) is 7.62. The predicted molar refractivity (Wildman–Crippen MR) is 75.1 cm³/mol. The lowest BCUT2D eigenvalue weighted by Crippen LogP contribution is -2.17. The maximum atomic E-state index is 14.2. The second kappa shape index (κ2) is 5.12. The zero-order chi connectivity index (χ0) is 17.1. The molecule has 8 heteroatoms. The van der Waals surface area contributed by atoms with Crippen molar-refractivity contribution in [1.82, 2.24) is 14.8 Å². The average molecular weight is 339 g/mol. The van der Waals surface area contributed by atoms with Gasteiger partial charge in [0.2, 0.25) is 11.6 Å². The fraction of sp³-hybridized carbons (Fsp3) is 0.438. The minimum Gasteiger partial charge on any atom is -0.290 e. The van der Waals surface area contributed by atoms with Crippen LogP contribution in [0.4, 0.5) is 17.6 Å². The number of rotatable bonds is 3. The Kier molecular flexibility index (Phi) is 3.26. The van der Waals surface area contributed by atoms with E-state index in [9.17, 15) is 22.4 Å². The Morgan fingerprint density at radius 3 is 2.50 bits per heavy atom. The molecule has 126 valence electrons. The average Bonchev–Trinajstić information content (AvgIpc) is 3.16. The van der Waals surface area contributed by atoms with E-state index in [4.69, 9.17) is 0 Å². The van der Waals surface area contributed by atoms with Crippen molar-refractivity contribution in [2.24, 2.45) is 11.8 Å². The summed E-state index contributed by atoms with van der Waals surface area (Å²) < 4.78 is 53.4. The van der Waals surface area contributed by atoms with Gasteiger partial charge in [0.05, 0.1) is 12.0 Å². The van der Waals surface area contributed by atoms with Crippen molar-refractivity contribution in [2.45, 2.75) is 31.2 Å². The van der Waals surface area contributed by atoms with Gasteiger partial charge in [-0.3, -0.25) is 4.79 Å².